The third kappa shape index (κ3) is 4.41. The van der Waals surface area contributed by atoms with Crippen LogP contribution in [0, 0.1) is 0 Å². The number of hydrogen-bond donors (Lipinski definition) is 2. The summed E-state index contributed by atoms with van der Waals surface area (Å²) in [6.45, 7) is 6.35. The van der Waals surface area contributed by atoms with Gasteiger partial charge in [0, 0.05) is 18.5 Å². The van der Waals surface area contributed by atoms with Crippen LogP contribution in [-0.2, 0) is 6.54 Å². The summed E-state index contributed by atoms with van der Waals surface area (Å²) < 4.78 is 5.71. The SMILES string of the molecule is CCNC(=NCc1cc2ccccc2o1)NCC.I. The molecule has 5 heteroatoms. The normalized spacial score (nSPS) is 9.79. The molecule has 1 heterocycles. The highest BCUT2D eigenvalue weighted by Gasteiger charge is 2.02. The van der Waals surface area contributed by atoms with Gasteiger partial charge in [-0.15, -0.1) is 24.0 Å². The summed E-state index contributed by atoms with van der Waals surface area (Å²) in [6, 6.07) is 10.0. The summed E-state index contributed by atoms with van der Waals surface area (Å²) in [5, 5.41) is 7.49. The maximum absolute atomic E-state index is 5.71. The van der Waals surface area contributed by atoms with Crippen LogP contribution in [0.2, 0.25) is 0 Å². The van der Waals surface area contributed by atoms with E-state index in [-0.39, 0.29) is 24.0 Å². The number of rotatable bonds is 4. The Hall–Kier alpha value is -1.24. The van der Waals surface area contributed by atoms with E-state index in [2.05, 4.69) is 15.6 Å². The van der Waals surface area contributed by atoms with Crippen molar-refractivity contribution in [3.05, 3.63) is 36.1 Å². The molecule has 0 saturated carbocycles. The fraction of sp³-hybridized carbons (Fsp3) is 0.357. The zero-order chi connectivity index (χ0) is 12.8. The predicted molar refractivity (Wildman–Crippen MR) is 90.1 cm³/mol. The highest BCUT2D eigenvalue weighted by Crippen LogP contribution is 2.19. The van der Waals surface area contributed by atoms with E-state index >= 15 is 0 Å². The van der Waals surface area contributed by atoms with Gasteiger partial charge in [0.15, 0.2) is 5.96 Å². The van der Waals surface area contributed by atoms with E-state index < -0.39 is 0 Å². The zero-order valence-corrected chi connectivity index (χ0v) is 13.6. The number of aliphatic imine (C=N–C) groups is 1. The van der Waals surface area contributed by atoms with Gasteiger partial charge in [0.05, 0.1) is 0 Å². The molecule has 0 aliphatic rings. The number of halogens is 1. The molecule has 0 atom stereocenters. The van der Waals surface area contributed by atoms with Gasteiger partial charge in [0.1, 0.15) is 17.9 Å². The average Bonchev–Trinajstić information content (AvgIpc) is 2.79. The first-order valence-corrected chi connectivity index (χ1v) is 6.33. The van der Waals surface area contributed by atoms with Gasteiger partial charge in [-0.05, 0) is 26.0 Å². The van der Waals surface area contributed by atoms with Crippen LogP contribution < -0.4 is 10.6 Å². The summed E-state index contributed by atoms with van der Waals surface area (Å²) in [6.07, 6.45) is 0. The average molecular weight is 373 g/mol. The Morgan fingerprint density at radius 1 is 1.16 bits per heavy atom. The fourth-order valence-electron chi connectivity index (χ4n) is 1.78. The zero-order valence-electron chi connectivity index (χ0n) is 11.3. The van der Waals surface area contributed by atoms with Crippen LogP contribution in [0.3, 0.4) is 0 Å². The van der Waals surface area contributed by atoms with Gasteiger partial charge in [-0.25, -0.2) is 4.99 Å². The molecule has 2 rings (SSSR count). The van der Waals surface area contributed by atoms with Gasteiger partial charge in [-0.2, -0.15) is 0 Å². The number of nitrogens with zero attached hydrogens (tertiary/aromatic N) is 1. The molecule has 0 spiro atoms. The number of fused-ring (bicyclic) bond motifs is 1. The van der Waals surface area contributed by atoms with Crippen LogP contribution in [0.5, 0.6) is 0 Å². The molecule has 1 aromatic carbocycles. The van der Waals surface area contributed by atoms with Crippen LogP contribution in [0.25, 0.3) is 11.0 Å². The van der Waals surface area contributed by atoms with Crippen LogP contribution in [0.4, 0.5) is 0 Å². The van der Waals surface area contributed by atoms with Crippen molar-refractivity contribution in [2.75, 3.05) is 13.1 Å². The molecule has 2 aromatic rings. The van der Waals surface area contributed by atoms with Gasteiger partial charge >= 0.3 is 0 Å². The first-order valence-electron chi connectivity index (χ1n) is 6.33. The molecular formula is C14H20IN3O. The number of benzene rings is 1. The van der Waals surface area contributed by atoms with Crippen molar-refractivity contribution in [3.8, 4) is 0 Å². The van der Waals surface area contributed by atoms with E-state index in [1.165, 1.54) is 0 Å². The minimum atomic E-state index is 0. The Morgan fingerprint density at radius 2 is 1.84 bits per heavy atom. The molecular weight excluding hydrogens is 353 g/mol. The minimum Gasteiger partial charge on any atom is -0.459 e. The quantitative estimate of drug-likeness (QED) is 0.492. The summed E-state index contributed by atoms with van der Waals surface area (Å²) in [5.74, 6) is 1.70. The van der Waals surface area contributed by atoms with E-state index in [0.717, 1.165) is 35.8 Å². The molecule has 0 radical (unpaired) electrons. The molecule has 0 amide bonds. The Kier molecular flexibility index (Phi) is 6.69. The Bertz CT molecular complexity index is 495. The molecule has 0 saturated heterocycles. The van der Waals surface area contributed by atoms with Crippen LogP contribution in [-0.4, -0.2) is 19.0 Å². The molecule has 0 bridgehead atoms. The van der Waals surface area contributed by atoms with Gasteiger partial charge < -0.3 is 15.1 Å². The van der Waals surface area contributed by atoms with Gasteiger partial charge in [0.25, 0.3) is 0 Å². The summed E-state index contributed by atoms with van der Waals surface area (Å²) in [5.41, 5.74) is 0.913. The highest BCUT2D eigenvalue weighted by molar-refractivity contribution is 14.0. The second kappa shape index (κ2) is 8.04. The minimum absolute atomic E-state index is 0. The van der Waals surface area contributed by atoms with Crippen LogP contribution >= 0.6 is 24.0 Å². The maximum Gasteiger partial charge on any atom is 0.191 e. The maximum atomic E-state index is 5.71. The molecule has 0 aliphatic carbocycles. The van der Waals surface area contributed by atoms with E-state index in [0.29, 0.717) is 6.54 Å². The van der Waals surface area contributed by atoms with Crippen LogP contribution in [0.1, 0.15) is 19.6 Å². The van der Waals surface area contributed by atoms with Crippen molar-refractivity contribution >= 4 is 40.9 Å². The molecule has 4 nitrogen and oxygen atoms in total. The first-order chi connectivity index (χ1) is 8.83. The van der Waals surface area contributed by atoms with E-state index in [1.54, 1.807) is 0 Å². The Labute approximate surface area is 130 Å². The highest BCUT2D eigenvalue weighted by atomic mass is 127. The van der Waals surface area contributed by atoms with Crippen molar-refractivity contribution in [3.63, 3.8) is 0 Å². The predicted octanol–water partition coefficient (Wildman–Crippen LogP) is 3.13. The van der Waals surface area contributed by atoms with Gasteiger partial charge in [0.2, 0.25) is 0 Å². The van der Waals surface area contributed by atoms with Gasteiger partial charge in [-0.1, -0.05) is 18.2 Å². The summed E-state index contributed by atoms with van der Waals surface area (Å²) >= 11 is 0. The van der Waals surface area contributed by atoms with Crippen molar-refractivity contribution in [2.45, 2.75) is 20.4 Å². The van der Waals surface area contributed by atoms with E-state index in [4.69, 9.17) is 4.42 Å². The Morgan fingerprint density at radius 3 is 2.47 bits per heavy atom. The topological polar surface area (TPSA) is 49.6 Å². The molecule has 0 fully saturated rings. The van der Waals surface area contributed by atoms with Gasteiger partial charge in [-0.3, -0.25) is 0 Å². The lowest BCUT2D eigenvalue weighted by atomic mass is 10.2. The molecule has 19 heavy (non-hydrogen) atoms. The van der Waals surface area contributed by atoms with E-state index in [1.807, 2.05) is 44.2 Å². The monoisotopic (exact) mass is 373 g/mol. The van der Waals surface area contributed by atoms with Crippen molar-refractivity contribution in [1.29, 1.82) is 0 Å². The lowest BCUT2D eigenvalue weighted by Gasteiger charge is -2.08. The smallest absolute Gasteiger partial charge is 0.191 e. The molecule has 1 aromatic heterocycles. The summed E-state index contributed by atoms with van der Waals surface area (Å²) in [4.78, 5) is 4.47. The number of hydrogen-bond acceptors (Lipinski definition) is 2. The molecule has 104 valence electrons. The first kappa shape index (κ1) is 15.8. The molecule has 0 aliphatic heterocycles. The molecule has 2 N–H and O–H groups in total. The largest absolute Gasteiger partial charge is 0.459 e. The van der Waals surface area contributed by atoms with Crippen molar-refractivity contribution < 1.29 is 4.42 Å². The number of nitrogens with one attached hydrogen (secondary N) is 2. The van der Waals surface area contributed by atoms with Crippen molar-refractivity contribution in [2.24, 2.45) is 4.99 Å². The third-order valence-corrected chi connectivity index (χ3v) is 2.56. The third-order valence-electron chi connectivity index (χ3n) is 2.56. The number of furan rings is 1. The van der Waals surface area contributed by atoms with Crippen molar-refractivity contribution in [1.82, 2.24) is 10.6 Å². The van der Waals surface area contributed by atoms with Crippen LogP contribution in [0.15, 0.2) is 39.7 Å². The standard InChI is InChI=1S/C14H19N3O.HI/c1-3-15-14(16-4-2)17-10-12-9-11-7-5-6-8-13(11)18-12;/h5-9H,3-4,10H2,1-2H3,(H2,15,16,17);1H. The Balaban J connectivity index is 0.00000180. The number of para-hydroxylation sites is 1. The molecule has 0 unspecified atom stereocenters. The number of guanidine groups is 1. The lowest BCUT2D eigenvalue weighted by Crippen LogP contribution is -2.36. The second-order valence-electron chi connectivity index (χ2n) is 3.98. The lowest BCUT2D eigenvalue weighted by molar-refractivity contribution is 0.551. The second-order valence-corrected chi connectivity index (χ2v) is 3.98. The fourth-order valence-corrected chi connectivity index (χ4v) is 1.78. The van der Waals surface area contributed by atoms with E-state index in [9.17, 15) is 0 Å². The summed E-state index contributed by atoms with van der Waals surface area (Å²) in [7, 11) is 0.